The van der Waals surface area contributed by atoms with Crippen LogP contribution in [0, 0.1) is 0 Å². The molecular formula is C19H15N3O. The number of hydrogen-bond acceptors (Lipinski definition) is 2. The summed E-state index contributed by atoms with van der Waals surface area (Å²) in [6.45, 7) is 0.548. The summed E-state index contributed by atoms with van der Waals surface area (Å²) in [4.78, 5) is 2.81. The molecule has 0 atom stereocenters. The highest BCUT2D eigenvalue weighted by molar-refractivity contribution is 5.67. The Kier molecular flexibility index (Phi) is 4.58. The minimum atomic E-state index is 0.548. The molecule has 0 fully saturated rings. The van der Waals surface area contributed by atoms with Crippen LogP contribution in [-0.4, -0.2) is 0 Å². The van der Waals surface area contributed by atoms with Gasteiger partial charge in [0, 0.05) is 10.6 Å². The van der Waals surface area contributed by atoms with Gasteiger partial charge < -0.3 is 4.74 Å². The van der Waals surface area contributed by atoms with Gasteiger partial charge in [-0.25, -0.2) is 0 Å². The second kappa shape index (κ2) is 7.16. The molecule has 0 bridgehead atoms. The summed E-state index contributed by atoms with van der Waals surface area (Å²) < 4.78 is 5.78. The molecule has 0 heterocycles. The highest BCUT2D eigenvalue weighted by Crippen LogP contribution is 2.26. The molecule has 3 aromatic rings. The van der Waals surface area contributed by atoms with E-state index in [2.05, 4.69) is 10.0 Å². The predicted molar refractivity (Wildman–Crippen MR) is 91.5 cm³/mol. The van der Waals surface area contributed by atoms with Crippen molar-refractivity contribution >= 4 is 5.69 Å². The number of azide groups is 1. The molecule has 4 nitrogen and oxygen atoms in total. The van der Waals surface area contributed by atoms with Gasteiger partial charge >= 0.3 is 0 Å². The number of nitrogens with zero attached hydrogens (tertiary/aromatic N) is 3. The Labute approximate surface area is 134 Å². The Bertz CT molecular complexity index is 823. The van der Waals surface area contributed by atoms with Gasteiger partial charge in [-0.3, -0.25) is 0 Å². The van der Waals surface area contributed by atoms with Crippen LogP contribution in [0.2, 0.25) is 0 Å². The Balaban J connectivity index is 1.72. The van der Waals surface area contributed by atoms with Crippen LogP contribution >= 0.6 is 0 Å². The molecule has 0 aromatic heterocycles. The third-order valence-corrected chi connectivity index (χ3v) is 3.44. The van der Waals surface area contributed by atoms with Crippen molar-refractivity contribution in [1.29, 1.82) is 0 Å². The van der Waals surface area contributed by atoms with Crippen LogP contribution in [0.1, 0.15) is 5.56 Å². The van der Waals surface area contributed by atoms with Crippen LogP contribution in [0.3, 0.4) is 0 Å². The van der Waals surface area contributed by atoms with Gasteiger partial charge in [0.2, 0.25) is 0 Å². The number of benzene rings is 3. The molecule has 0 aliphatic carbocycles. The highest BCUT2D eigenvalue weighted by atomic mass is 16.5. The van der Waals surface area contributed by atoms with Crippen LogP contribution in [0.4, 0.5) is 5.69 Å². The third-order valence-electron chi connectivity index (χ3n) is 3.44. The van der Waals surface area contributed by atoms with Crippen LogP contribution < -0.4 is 4.74 Å². The van der Waals surface area contributed by atoms with Crippen molar-refractivity contribution < 1.29 is 4.74 Å². The molecule has 0 N–H and O–H groups in total. The summed E-state index contributed by atoms with van der Waals surface area (Å²) in [5.41, 5.74) is 12.3. The summed E-state index contributed by atoms with van der Waals surface area (Å²) in [7, 11) is 0. The van der Waals surface area contributed by atoms with Crippen LogP contribution in [-0.2, 0) is 6.61 Å². The second-order valence-corrected chi connectivity index (χ2v) is 5.04. The average Bonchev–Trinajstić information content (AvgIpc) is 2.62. The fourth-order valence-corrected chi connectivity index (χ4v) is 2.28. The fourth-order valence-electron chi connectivity index (χ4n) is 2.28. The second-order valence-electron chi connectivity index (χ2n) is 5.04. The summed E-state index contributed by atoms with van der Waals surface area (Å²) in [6, 6.07) is 25.4. The maximum absolute atomic E-state index is 8.51. The van der Waals surface area contributed by atoms with Gasteiger partial charge in [0.15, 0.2) is 0 Å². The third kappa shape index (κ3) is 3.90. The van der Waals surface area contributed by atoms with E-state index in [0.717, 1.165) is 22.4 Å². The molecule has 0 aliphatic rings. The number of hydrogen-bond donors (Lipinski definition) is 0. The van der Waals surface area contributed by atoms with Crippen molar-refractivity contribution in [3.05, 3.63) is 94.9 Å². The lowest BCUT2D eigenvalue weighted by Crippen LogP contribution is -1.94. The first-order chi connectivity index (χ1) is 11.3. The molecule has 112 valence electrons. The Morgan fingerprint density at radius 3 is 2.35 bits per heavy atom. The Morgan fingerprint density at radius 2 is 1.61 bits per heavy atom. The molecule has 4 heteroatoms. The number of ether oxygens (including phenoxy) is 1. The summed E-state index contributed by atoms with van der Waals surface area (Å²) >= 11 is 0. The van der Waals surface area contributed by atoms with Gasteiger partial charge in [-0.05, 0) is 40.4 Å². The van der Waals surface area contributed by atoms with E-state index >= 15 is 0 Å². The highest BCUT2D eigenvalue weighted by Gasteiger charge is 2.00. The maximum Gasteiger partial charge on any atom is 0.119 e. The van der Waals surface area contributed by atoms with Crippen molar-refractivity contribution in [2.45, 2.75) is 6.61 Å². The number of rotatable bonds is 5. The van der Waals surface area contributed by atoms with E-state index in [4.69, 9.17) is 10.3 Å². The zero-order valence-corrected chi connectivity index (χ0v) is 12.5. The van der Waals surface area contributed by atoms with Crippen LogP contribution in [0.15, 0.2) is 84.0 Å². The van der Waals surface area contributed by atoms with Gasteiger partial charge in [-0.15, -0.1) is 0 Å². The summed E-state index contributed by atoms with van der Waals surface area (Å²) in [6.07, 6.45) is 0. The monoisotopic (exact) mass is 301 g/mol. The van der Waals surface area contributed by atoms with Crippen LogP contribution in [0.5, 0.6) is 5.75 Å². The first-order valence-electron chi connectivity index (χ1n) is 7.27. The Morgan fingerprint density at radius 1 is 0.826 bits per heavy atom. The van der Waals surface area contributed by atoms with Crippen molar-refractivity contribution in [3.8, 4) is 16.9 Å². The minimum Gasteiger partial charge on any atom is -0.489 e. The van der Waals surface area contributed by atoms with E-state index in [0.29, 0.717) is 12.3 Å². The van der Waals surface area contributed by atoms with Crippen molar-refractivity contribution in [2.75, 3.05) is 0 Å². The summed E-state index contributed by atoms with van der Waals surface area (Å²) in [5, 5.41) is 3.63. The predicted octanol–water partition coefficient (Wildman–Crippen LogP) is 5.87. The molecule has 0 radical (unpaired) electrons. The van der Waals surface area contributed by atoms with Crippen LogP contribution in [0.25, 0.3) is 21.6 Å². The zero-order valence-electron chi connectivity index (χ0n) is 12.5. The molecular weight excluding hydrogens is 286 g/mol. The van der Waals surface area contributed by atoms with Gasteiger partial charge in [-0.1, -0.05) is 65.8 Å². The average molecular weight is 301 g/mol. The lowest BCUT2D eigenvalue weighted by atomic mass is 10.1. The zero-order chi connectivity index (χ0) is 15.9. The lowest BCUT2D eigenvalue weighted by Gasteiger charge is -2.08. The quantitative estimate of drug-likeness (QED) is 0.330. The van der Waals surface area contributed by atoms with E-state index in [9.17, 15) is 0 Å². The largest absolute Gasteiger partial charge is 0.489 e. The lowest BCUT2D eigenvalue weighted by molar-refractivity contribution is 0.306. The van der Waals surface area contributed by atoms with E-state index in [1.54, 1.807) is 6.07 Å². The summed E-state index contributed by atoms with van der Waals surface area (Å²) in [5.74, 6) is 0.823. The standard InChI is InChI=1S/C19H15N3O/c20-22-21-18-8-4-7-17(13-18)16-9-11-19(12-10-16)23-14-15-5-2-1-3-6-15/h1-13H,14H2. The molecule has 0 saturated heterocycles. The molecule has 0 aliphatic heterocycles. The molecule has 0 spiro atoms. The van der Waals surface area contributed by atoms with Gasteiger partial charge in [0.25, 0.3) is 0 Å². The van der Waals surface area contributed by atoms with Crippen molar-refractivity contribution in [2.24, 2.45) is 5.11 Å². The topological polar surface area (TPSA) is 58.0 Å². The fraction of sp³-hybridized carbons (Fsp3) is 0.0526. The van der Waals surface area contributed by atoms with E-state index in [1.165, 1.54) is 0 Å². The van der Waals surface area contributed by atoms with E-state index < -0.39 is 0 Å². The molecule has 3 rings (SSSR count). The van der Waals surface area contributed by atoms with Gasteiger partial charge in [0.1, 0.15) is 12.4 Å². The Hall–Kier alpha value is -3.23. The van der Waals surface area contributed by atoms with Crippen molar-refractivity contribution in [1.82, 2.24) is 0 Å². The van der Waals surface area contributed by atoms with Gasteiger partial charge in [-0.2, -0.15) is 0 Å². The van der Waals surface area contributed by atoms with E-state index in [1.807, 2.05) is 72.8 Å². The first kappa shape index (κ1) is 14.7. The molecule has 0 unspecified atom stereocenters. The van der Waals surface area contributed by atoms with E-state index in [-0.39, 0.29) is 0 Å². The molecule has 0 saturated carbocycles. The maximum atomic E-state index is 8.51. The SMILES string of the molecule is [N-]=[N+]=Nc1cccc(-c2ccc(OCc3ccccc3)cc2)c1. The molecule has 3 aromatic carbocycles. The molecule has 23 heavy (non-hydrogen) atoms. The first-order valence-corrected chi connectivity index (χ1v) is 7.27. The van der Waals surface area contributed by atoms with Crippen molar-refractivity contribution in [3.63, 3.8) is 0 Å². The normalized spacial score (nSPS) is 9.91. The minimum absolute atomic E-state index is 0.548. The van der Waals surface area contributed by atoms with Gasteiger partial charge in [0.05, 0.1) is 0 Å². The molecule has 0 amide bonds. The smallest absolute Gasteiger partial charge is 0.119 e.